The van der Waals surface area contributed by atoms with Crippen LogP contribution in [-0.2, 0) is 4.79 Å². The Morgan fingerprint density at radius 3 is 1.77 bits per heavy atom. The molecule has 22 heavy (non-hydrogen) atoms. The van der Waals surface area contributed by atoms with Gasteiger partial charge in [-0.05, 0) is 6.42 Å². The van der Waals surface area contributed by atoms with Crippen molar-refractivity contribution in [1.29, 1.82) is 0 Å². The van der Waals surface area contributed by atoms with E-state index >= 15 is 0 Å². The van der Waals surface area contributed by atoms with Crippen molar-refractivity contribution in [2.75, 3.05) is 0 Å². The van der Waals surface area contributed by atoms with E-state index in [9.17, 15) is 15.0 Å². The molecule has 0 rings (SSSR count). The van der Waals surface area contributed by atoms with Crippen LogP contribution >= 0.6 is 0 Å². The molecule has 6 heteroatoms. The zero-order chi connectivity index (χ0) is 16.1. The fourth-order valence-electron chi connectivity index (χ4n) is 2.58. The van der Waals surface area contributed by atoms with E-state index in [-0.39, 0.29) is 42.4 Å². The van der Waals surface area contributed by atoms with Crippen LogP contribution in [0.25, 0.3) is 0 Å². The Balaban J connectivity index is 0. The summed E-state index contributed by atoms with van der Waals surface area (Å²) in [5, 5.41) is 20.9. The topological polar surface area (TPSA) is 112 Å². The number of carbonyl (C=O) groups is 1. The van der Waals surface area contributed by atoms with Gasteiger partial charge in [-0.1, -0.05) is 71.1 Å². The van der Waals surface area contributed by atoms with Crippen molar-refractivity contribution in [3.8, 4) is 0 Å². The third-order valence-electron chi connectivity index (χ3n) is 3.90. The van der Waals surface area contributed by atoms with Gasteiger partial charge in [-0.2, -0.15) is 0 Å². The summed E-state index contributed by atoms with van der Waals surface area (Å²) in [7, 11) is 0. The molecule has 0 aromatic carbocycles. The average molecular weight is 324 g/mol. The first-order valence-corrected chi connectivity index (χ1v) is 8.37. The van der Waals surface area contributed by atoms with E-state index in [0.29, 0.717) is 6.42 Å². The Morgan fingerprint density at radius 2 is 1.41 bits per heavy atom. The van der Waals surface area contributed by atoms with Crippen molar-refractivity contribution in [3.63, 3.8) is 0 Å². The summed E-state index contributed by atoms with van der Waals surface area (Å²) in [4.78, 5) is 11.0. The Hall–Kier alpha value is 0.350. The second kappa shape index (κ2) is 14.9. The van der Waals surface area contributed by atoms with Crippen molar-refractivity contribution >= 4 is 5.97 Å². The molecule has 1 unspecified atom stereocenters. The molecular weight excluding hydrogens is 291 g/mol. The number of aliphatic hydroxyl groups is 1. The van der Waals surface area contributed by atoms with Gasteiger partial charge in [0.15, 0.2) is 0 Å². The van der Waals surface area contributed by atoms with Crippen molar-refractivity contribution in [2.45, 2.75) is 95.7 Å². The summed E-state index contributed by atoms with van der Waals surface area (Å²) in [5.74, 6) is -1.47. The van der Waals surface area contributed by atoms with E-state index in [4.69, 9.17) is 11.5 Å². The summed E-state index contributed by atoms with van der Waals surface area (Å²) in [5.41, 5.74) is 8.85. The van der Waals surface area contributed by atoms with Crippen LogP contribution in [-0.4, -0.2) is 22.8 Å². The average Bonchev–Trinajstić information content (AvgIpc) is 2.40. The predicted octanol–water partition coefficient (Wildman–Crippen LogP) is -1.58. The van der Waals surface area contributed by atoms with Crippen LogP contribution in [0.3, 0.4) is 0 Å². The minimum atomic E-state index is -1.88. The molecule has 0 amide bonds. The van der Waals surface area contributed by atoms with E-state index in [0.717, 1.165) is 12.8 Å². The van der Waals surface area contributed by atoms with E-state index in [1.165, 1.54) is 44.9 Å². The van der Waals surface area contributed by atoms with Gasteiger partial charge in [0, 0.05) is 6.42 Å². The minimum Gasteiger partial charge on any atom is -0.547 e. The SMILES string of the molecule is CCCCCCCCCCCCC(O)(CC(N)N)C(=O)[O-].[Na+]. The molecule has 0 aromatic heterocycles. The van der Waals surface area contributed by atoms with E-state index in [2.05, 4.69) is 6.92 Å². The Kier molecular flexibility index (Phi) is 16.7. The van der Waals surface area contributed by atoms with Gasteiger partial charge in [0.1, 0.15) is 5.60 Å². The molecule has 0 saturated carbocycles. The van der Waals surface area contributed by atoms with Crippen molar-refractivity contribution in [1.82, 2.24) is 0 Å². The second-order valence-corrected chi connectivity index (χ2v) is 6.12. The Labute approximate surface area is 157 Å². The number of carboxylic acids is 1. The summed E-state index contributed by atoms with van der Waals surface area (Å²) < 4.78 is 0. The number of carbonyl (C=O) groups excluding carboxylic acids is 1. The molecule has 0 aliphatic carbocycles. The van der Waals surface area contributed by atoms with Crippen molar-refractivity contribution in [3.05, 3.63) is 0 Å². The Morgan fingerprint density at radius 1 is 1.00 bits per heavy atom. The normalized spacial score (nSPS) is 13.7. The van der Waals surface area contributed by atoms with Crippen LogP contribution in [0, 0.1) is 0 Å². The van der Waals surface area contributed by atoms with Crippen molar-refractivity contribution < 1.29 is 44.6 Å². The summed E-state index contributed by atoms with van der Waals surface area (Å²) >= 11 is 0. The summed E-state index contributed by atoms with van der Waals surface area (Å²) in [6.07, 6.45) is 10.8. The molecule has 0 aliphatic rings. The quantitative estimate of drug-likeness (QED) is 0.203. The smallest absolute Gasteiger partial charge is 0.547 e. The van der Waals surface area contributed by atoms with Crippen LogP contribution in [0.2, 0.25) is 0 Å². The first-order valence-electron chi connectivity index (χ1n) is 8.37. The number of hydrogen-bond donors (Lipinski definition) is 3. The molecule has 126 valence electrons. The molecule has 0 aliphatic heterocycles. The first kappa shape index (κ1) is 24.6. The van der Waals surface area contributed by atoms with Gasteiger partial charge in [-0.3, -0.25) is 0 Å². The largest absolute Gasteiger partial charge is 1.00 e. The standard InChI is InChI=1S/C16H34N2O3.Na/c1-2-3-4-5-6-7-8-9-10-11-12-16(21,15(19)20)13-14(17)18;/h14,21H,2-13,17-18H2,1H3,(H,19,20);/q;+1/p-1. The van der Waals surface area contributed by atoms with Crippen LogP contribution in [0.15, 0.2) is 0 Å². The molecule has 1 atom stereocenters. The monoisotopic (exact) mass is 324 g/mol. The second-order valence-electron chi connectivity index (χ2n) is 6.12. The predicted molar refractivity (Wildman–Crippen MR) is 83.2 cm³/mol. The maximum atomic E-state index is 11.0. The maximum absolute atomic E-state index is 11.0. The number of hydrogen-bond acceptors (Lipinski definition) is 5. The molecule has 0 heterocycles. The van der Waals surface area contributed by atoms with Gasteiger partial charge in [-0.25, -0.2) is 0 Å². The van der Waals surface area contributed by atoms with E-state index in [1.54, 1.807) is 0 Å². The molecule has 0 spiro atoms. The molecule has 0 saturated heterocycles. The fourth-order valence-corrected chi connectivity index (χ4v) is 2.58. The van der Waals surface area contributed by atoms with Gasteiger partial charge in [0.25, 0.3) is 0 Å². The first-order chi connectivity index (χ1) is 9.92. The number of aliphatic carboxylic acids is 1. The molecule has 5 nitrogen and oxygen atoms in total. The molecular formula is C16H33N2NaO3. The zero-order valence-corrected chi connectivity index (χ0v) is 16.5. The fraction of sp³-hybridized carbons (Fsp3) is 0.938. The van der Waals surface area contributed by atoms with Crippen LogP contribution in [0.4, 0.5) is 0 Å². The third kappa shape index (κ3) is 12.9. The number of carboxylic acid groups (broad SMARTS) is 1. The Bertz CT molecular complexity index is 278. The van der Waals surface area contributed by atoms with Crippen LogP contribution in [0.5, 0.6) is 0 Å². The molecule has 0 fully saturated rings. The number of rotatable bonds is 14. The van der Waals surface area contributed by atoms with Gasteiger partial charge >= 0.3 is 29.6 Å². The van der Waals surface area contributed by atoms with Gasteiger partial charge in [-0.15, -0.1) is 0 Å². The maximum Gasteiger partial charge on any atom is 1.00 e. The van der Waals surface area contributed by atoms with E-state index in [1.807, 2.05) is 0 Å². The van der Waals surface area contributed by atoms with Gasteiger partial charge < -0.3 is 26.5 Å². The molecule has 0 radical (unpaired) electrons. The van der Waals surface area contributed by atoms with Crippen molar-refractivity contribution in [2.24, 2.45) is 11.5 Å². The molecule has 5 N–H and O–H groups in total. The van der Waals surface area contributed by atoms with Crippen LogP contribution in [0.1, 0.15) is 84.0 Å². The number of unbranched alkanes of at least 4 members (excludes halogenated alkanes) is 9. The number of nitrogens with two attached hydrogens (primary N) is 2. The summed E-state index contributed by atoms with van der Waals surface area (Å²) in [6.45, 7) is 2.21. The molecule has 0 aromatic rings. The zero-order valence-electron chi connectivity index (χ0n) is 14.5. The van der Waals surface area contributed by atoms with Gasteiger partial charge in [0.05, 0.1) is 12.1 Å². The summed E-state index contributed by atoms with van der Waals surface area (Å²) in [6, 6.07) is 0. The minimum absolute atomic E-state index is 0. The third-order valence-corrected chi connectivity index (χ3v) is 3.90. The van der Waals surface area contributed by atoms with E-state index < -0.39 is 17.7 Å². The van der Waals surface area contributed by atoms with Crippen LogP contribution < -0.4 is 46.1 Å². The van der Waals surface area contributed by atoms with Gasteiger partial charge in [0.2, 0.25) is 0 Å². The molecule has 0 bridgehead atoms.